The van der Waals surface area contributed by atoms with E-state index in [-0.39, 0.29) is 5.97 Å². The van der Waals surface area contributed by atoms with Crippen LogP contribution in [0.4, 0.5) is 5.69 Å². The molecule has 0 spiro atoms. The number of carbonyl (C=O) groups excluding carboxylic acids is 1. The van der Waals surface area contributed by atoms with E-state index in [1.807, 2.05) is 26.2 Å². The number of aromatic nitrogens is 2. The van der Waals surface area contributed by atoms with Crippen molar-refractivity contribution in [2.75, 3.05) is 25.6 Å². The summed E-state index contributed by atoms with van der Waals surface area (Å²) in [5.41, 5.74) is 3.53. The van der Waals surface area contributed by atoms with Gasteiger partial charge in [0.05, 0.1) is 17.6 Å². The Kier molecular flexibility index (Phi) is 4.62. The van der Waals surface area contributed by atoms with Gasteiger partial charge in [0.2, 0.25) is 0 Å². The molecular weight excluding hydrogens is 266 g/mol. The highest BCUT2D eigenvalue weighted by Crippen LogP contribution is 2.19. The zero-order valence-corrected chi connectivity index (χ0v) is 12.8. The van der Waals surface area contributed by atoms with Crippen LogP contribution < -0.4 is 4.90 Å². The first kappa shape index (κ1) is 15.1. The molecule has 1 aromatic carbocycles. The van der Waals surface area contributed by atoms with Gasteiger partial charge in [-0.15, -0.1) is 0 Å². The lowest BCUT2D eigenvalue weighted by molar-refractivity contribution is -0.139. The molecular formula is C16H21N3O2. The van der Waals surface area contributed by atoms with Crippen LogP contribution in [0, 0.1) is 0 Å². The Bertz CT molecular complexity index is 659. The van der Waals surface area contributed by atoms with Gasteiger partial charge >= 0.3 is 5.97 Å². The monoisotopic (exact) mass is 287 g/mol. The average Bonchev–Trinajstić information content (AvgIpc) is 2.84. The largest absolute Gasteiger partial charge is 0.462 e. The van der Waals surface area contributed by atoms with Gasteiger partial charge in [0, 0.05) is 31.8 Å². The second-order valence-corrected chi connectivity index (χ2v) is 5.30. The van der Waals surface area contributed by atoms with Crippen LogP contribution in [0.25, 0.3) is 11.0 Å². The fourth-order valence-corrected chi connectivity index (χ4v) is 1.97. The number of aromatic amines is 1. The van der Waals surface area contributed by atoms with Gasteiger partial charge in [-0.1, -0.05) is 6.58 Å². The molecule has 5 nitrogen and oxygen atoms in total. The summed E-state index contributed by atoms with van der Waals surface area (Å²) in [6, 6.07) is 6.13. The highest BCUT2D eigenvalue weighted by molar-refractivity contribution is 5.86. The minimum Gasteiger partial charge on any atom is -0.462 e. The number of fused-ring (bicyclic) bond motifs is 1. The maximum Gasteiger partial charge on any atom is 0.333 e. The molecule has 0 radical (unpaired) electrons. The first-order valence-corrected chi connectivity index (χ1v) is 6.96. The number of esters is 1. The Hall–Kier alpha value is -2.30. The molecule has 0 unspecified atom stereocenters. The van der Waals surface area contributed by atoms with Crippen LogP contribution in [0.3, 0.4) is 0 Å². The molecule has 21 heavy (non-hydrogen) atoms. The first-order valence-electron chi connectivity index (χ1n) is 6.96. The highest BCUT2D eigenvalue weighted by Gasteiger charge is 2.06. The second kappa shape index (κ2) is 6.43. The van der Waals surface area contributed by atoms with Crippen molar-refractivity contribution >= 4 is 22.7 Å². The van der Waals surface area contributed by atoms with E-state index in [1.165, 1.54) is 0 Å². The maximum absolute atomic E-state index is 11.2. The first-order chi connectivity index (χ1) is 9.97. The summed E-state index contributed by atoms with van der Waals surface area (Å²) in [6.07, 6.45) is 1.48. The molecule has 0 saturated heterocycles. The minimum atomic E-state index is -0.338. The summed E-state index contributed by atoms with van der Waals surface area (Å²) in [4.78, 5) is 21.1. The Balaban J connectivity index is 1.94. The maximum atomic E-state index is 11.2. The smallest absolute Gasteiger partial charge is 0.333 e. The molecule has 5 heteroatoms. The number of benzene rings is 1. The van der Waals surface area contributed by atoms with Gasteiger partial charge in [0.25, 0.3) is 0 Å². The summed E-state index contributed by atoms with van der Waals surface area (Å²) >= 11 is 0. The zero-order chi connectivity index (χ0) is 15.4. The third-order valence-electron chi connectivity index (χ3n) is 3.17. The third kappa shape index (κ3) is 3.84. The van der Waals surface area contributed by atoms with Crippen molar-refractivity contribution < 1.29 is 9.53 Å². The summed E-state index contributed by atoms with van der Waals surface area (Å²) in [6.45, 7) is 5.57. The highest BCUT2D eigenvalue weighted by atomic mass is 16.5. The third-order valence-corrected chi connectivity index (χ3v) is 3.17. The number of carbonyl (C=O) groups is 1. The molecule has 0 aliphatic rings. The van der Waals surface area contributed by atoms with Crippen molar-refractivity contribution in [1.29, 1.82) is 0 Å². The van der Waals surface area contributed by atoms with Crippen LogP contribution in [0.15, 0.2) is 30.4 Å². The van der Waals surface area contributed by atoms with Gasteiger partial charge in [-0.2, -0.15) is 0 Å². The number of H-pyrrole nitrogens is 1. The molecule has 0 aliphatic carbocycles. The van der Waals surface area contributed by atoms with Crippen LogP contribution in [0.5, 0.6) is 0 Å². The number of nitrogens with zero attached hydrogens (tertiary/aromatic N) is 2. The van der Waals surface area contributed by atoms with Crippen LogP contribution >= 0.6 is 0 Å². The molecule has 0 atom stereocenters. The number of hydrogen-bond acceptors (Lipinski definition) is 4. The molecule has 0 amide bonds. The quantitative estimate of drug-likeness (QED) is 0.504. The Morgan fingerprint density at radius 1 is 1.43 bits per heavy atom. The van der Waals surface area contributed by atoms with E-state index in [1.54, 1.807) is 6.92 Å². The van der Waals surface area contributed by atoms with Crippen molar-refractivity contribution in [3.8, 4) is 0 Å². The fraction of sp³-hybridized carbons (Fsp3) is 0.375. The Morgan fingerprint density at radius 3 is 2.86 bits per heavy atom. The van der Waals surface area contributed by atoms with E-state index < -0.39 is 0 Å². The van der Waals surface area contributed by atoms with Gasteiger partial charge < -0.3 is 14.6 Å². The molecule has 112 valence electrons. The lowest BCUT2D eigenvalue weighted by Gasteiger charge is -2.11. The van der Waals surface area contributed by atoms with Gasteiger partial charge in [-0.05, 0) is 31.5 Å². The Labute approximate surface area is 124 Å². The Morgan fingerprint density at radius 2 is 2.19 bits per heavy atom. The minimum absolute atomic E-state index is 0.338. The molecule has 2 aromatic rings. The molecule has 0 aliphatic heterocycles. The van der Waals surface area contributed by atoms with Crippen LogP contribution in [0.1, 0.15) is 19.2 Å². The summed E-state index contributed by atoms with van der Waals surface area (Å²) in [7, 11) is 4.02. The fourth-order valence-electron chi connectivity index (χ4n) is 1.97. The number of ether oxygens (including phenoxy) is 1. The van der Waals surface area contributed by atoms with Crippen LogP contribution in [-0.4, -0.2) is 36.6 Å². The lowest BCUT2D eigenvalue weighted by Crippen LogP contribution is -2.07. The van der Waals surface area contributed by atoms with Crippen molar-refractivity contribution in [2.45, 2.75) is 19.8 Å². The zero-order valence-electron chi connectivity index (χ0n) is 12.8. The van der Waals surface area contributed by atoms with E-state index in [0.29, 0.717) is 12.2 Å². The molecule has 1 heterocycles. The lowest BCUT2D eigenvalue weighted by atomic mass is 10.2. The summed E-state index contributed by atoms with van der Waals surface area (Å²) < 4.78 is 5.06. The van der Waals surface area contributed by atoms with E-state index in [0.717, 1.165) is 35.4 Å². The summed E-state index contributed by atoms with van der Waals surface area (Å²) in [5, 5.41) is 0. The molecule has 2 rings (SSSR count). The second-order valence-electron chi connectivity index (χ2n) is 5.30. The number of nitrogens with one attached hydrogen (secondary N) is 1. The topological polar surface area (TPSA) is 58.2 Å². The van der Waals surface area contributed by atoms with E-state index in [9.17, 15) is 4.79 Å². The van der Waals surface area contributed by atoms with Crippen molar-refractivity contribution in [2.24, 2.45) is 0 Å². The van der Waals surface area contributed by atoms with Gasteiger partial charge in [-0.25, -0.2) is 9.78 Å². The van der Waals surface area contributed by atoms with E-state index in [4.69, 9.17) is 4.74 Å². The molecule has 0 bridgehead atoms. The van der Waals surface area contributed by atoms with Crippen molar-refractivity contribution in [1.82, 2.24) is 9.97 Å². The standard InChI is InChI=1S/C16H21N3O2/c1-11(2)16(20)21-9-5-6-15-17-13-8-7-12(19(3)4)10-14(13)18-15/h7-8,10H,1,5-6,9H2,2-4H3,(H,17,18). The number of imidazole rings is 1. The van der Waals surface area contributed by atoms with Crippen LogP contribution in [-0.2, 0) is 16.0 Å². The van der Waals surface area contributed by atoms with Gasteiger partial charge in [-0.3, -0.25) is 0 Å². The van der Waals surface area contributed by atoms with Gasteiger partial charge in [0.1, 0.15) is 5.82 Å². The SMILES string of the molecule is C=C(C)C(=O)OCCCc1nc2ccc(N(C)C)cc2[nH]1. The number of aryl methyl sites for hydroxylation is 1. The molecule has 1 N–H and O–H groups in total. The van der Waals surface area contributed by atoms with E-state index >= 15 is 0 Å². The van der Waals surface area contributed by atoms with Crippen molar-refractivity contribution in [3.63, 3.8) is 0 Å². The predicted molar refractivity (Wildman–Crippen MR) is 84.5 cm³/mol. The number of hydrogen-bond donors (Lipinski definition) is 1. The predicted octanol–water partition coefficient (Wildman–Crippen LogP) is 2.68. The summed E-state index contributed by atoms with van der Waals surface area (Å²) in [5.74, 6) is 0.572. The number of anilines is 1. The van der Waals surface area contributed by atoms with Crippen LogP contribution in [0.2, 0.25) is 0 Å². The molecule has 0 fully saturated rings. The van der Waals surface area contributed by atoms with Crippen molar-refractivity contribution in [3.05, 3.63) is 36.2 Å². The molecule has 1 aromatic heterocycles. The van der Waals surface area contributed by atoms with E-state index in [2.05, 4.69) is 27.5 Å². The molecule has 0 saturated carbocycles. The number of rotatable bonds is 6. The normalized spacial score (nSPS) is 10.6. The van der Waals surface area contributed by atoms with Gasteiger partial charge in [0.15, 0.2) is 0 Å². The average molecular weight is 287 g/mol.